The van der Waals surface area contributed by atoms with E-state index in [4.69, 9.17) is 14.2 Å². The molecule has 168 valence electrons. The molecule has 0 aliphatic carbocycles. The average Bonchev–Trinajstić information content (AvgIpc) is 3.11. The first-order valence-corrected chi connectivity index (χ1v) is 10.2. The molecule has 11 heteroatoms. The molecule has 10 nitrogen and oxygen atoms in total. The van der Waals surface area contributed by atoms with Gasteiger partial charge < -0.3 is 14.2 Å². The molecule has 0 saturated heterocycles. The quantitative estimate of drug-likeness (QED) is 0.320. The van der Waals surface area contributed by atoms with Gasteiger partial charge in [-0.15, -0.1) is 0 Å². The first kappa shape index (κ1) is 22.9. The Morgan fingerprint density at radius 3 is 2.50 bits per heavy atom. The van der Waals surface area contributed by atoms with Crippen molar-refractivity contribution >= 4 is 44.4 Å². The summed E-state index contributed by atoms with van der Waals surface area (Å²) in [6, 6.07) is 7.42. The molecule has 0 fully saturated rings. The molecule has 0 aliphatic rings. The van der Waals surface area contributed by atoms with Crippen LogP contribution in [-0.4, -0.2) is 41.8 Å². The minimum absolute atomic E-state index is 0.122. The van der Waals surface area contributed by atoms with Crippen molar-refractivity contribution in [1.82, 2.24) is 4.98 Å². The summed E-state index contributed by atoms with van der Waals surface area (Å²) in [5.74, 6) is -0.496. The van der Waals surface area contributed by atoms with Crippen LogP contribution in [0.4, 0.5) is 15.6 Å². The fraction of sp³-hybridized carbons (Fsp3) is 0.286. The number of amides is 1. The lowest BCUT2D eigenvalue weighted by Crippen LogP contribution is -2.27. The predicted molar refractivity (Wildman–Crippen MR) is 119 cm³/mol. The summed E-state index contributed by atoms with van der Waals surface area (Å²) in [5.41, 5.74) is 0.463. The second-order valence-corrected chi connectivity index (χ2v) is 8.65. The van der Waals surface area contributed by atoms with Gasteiger partial charge in [0.05, 0.1) is 34.9 Å². The van der Waals surface area contributed by atoms with Gasteiger partial charge in [0.15, 0.2) is 5.13 Å². The van der Waals surface area contributed by atoms with Crippen LogP contribution in [0.1, 0.15) is 31.1 Å². The lowest BCUT2D eigenvalue weighted by molar-refractivity contribution is -0.384. The van der Waals surface area contributed by atoms with E-state index in [0.29, 0.717) is 21.3 Å². The monoisotopic (exact) mass is 459 g/mol. The number of esters is 1. The van der Waals surface area contributed by atoms with Crippen LogP contribution in [0.5, 0.6) is 5.75 Å². The Labute approximate surface area is 187 Å². The number of aromatic nitrogens is 1. The highest BCUT2D eigenvalue weighted by atomic mass is 32.1. The maximum absolute atomic E-state index is 12.4. The largest absolute Gasteiger partial charge is 0.495 e. The number of methoxy groups -OCH3 is 2. The number of nitro benzene ring substituents is 1. The molecule has 0 spiro atoms. The van der Waals surface area contributed by atoms with Crippen LogP contribution in [0.2, 0.25) is 0 Å². The van der Waals surface area contributed by atoms with Gasteiger partial charge in [0, 0.05) is 12.1 Å². The van der Waals surface area contributed by atoms with Crippen molar-refractivity contribution in [2.45, 2.75) is 26.4 Å². The van der Waals surface area contributed by atoms with Crippen molar-refractivity contribution in [1.29, 1.82) is 0 Å². The van der Waals surface area contributed by atoms with Gasteiger partial charge in [0.1, 0.15) is 16.9 Å². The van der Waals surface area contributed by atoms with Crippen molar-refractivity contribution in [2.75, 3.05) is 19.5 Å². The zero-order chi connectivity index (χ0) is 23.6. The van der Waals surface area contributed by atoms with Crippen LogP contribution < -0.4 is 10.1 Å². The summed E-state index contributed by atoms with van der Waals surface area (Å²) in [4.78, 5) is 39.8. The molecular formula is C21H21N3O7S. The third-order valence-electron chi connectivity index (χ3n) is 4.20. The molecule has 3 aromatic rings. The Kier molecular flexibility index (Phi) is 6.30. The summed E-state index contributed by atoms with van der Waals surface area (Å²) >= 11 is 1.11. The van der Waals surface area contributed by atoms with Gasteiger partial charge in [-0.2, -0.15) is 0 Å². The maximum atomic E-state index is 12.4. The second-order valence-electron chi connectivity index (χ2n) is 7.62. The molecule has 1 heterocycles. The number of fused-ring (bicyclic) bond motifs is 1. The van der Waals surface area contributed by atoms with E-state index in [2.05, 4.69) is 10.3 Å². The van der Waals surface area contributed by atoms with Crippen LogP contribution in [-0.2, 0) is 9.47 Å². The zero-order valence-electron chi connectivity index (χ0n) is 18.0. The predicted octanol–water partition coefficient (Wildman–Crippen LogP) is 5.01. The van der Waals surface area contributed by atoms with Crippen LogP contribution >= 0.6 is 11.3 Å². The van der Waals surface area contributed by atoms with E-state index in [9.17, 15) is 19.7 Å². The molecule has 1 aromatic heterocycles. The van der Waals surface area contributed by atoms with Gasteiger partial charge in [-0.1, -0.05) is 23.5 Å². The average molecular weight is 459 g/mol. The van der Waals surface area contributed by atoms with Crippen LogP contribution in [0.3, 0.4) is 0 Å². The molecule has 32 heavy (non-hydrogen) atoms. The molecule has 3 rings (SSSR count). The van der Waals surface area contributed by atoms with Crippen molar-refractivity contribution in [3.63, 3.8) is 0 Å². The standard InChI is InChI=1S/C21H21N3O7S/c1-21(2,3)31-20(26)23-19-22-16-14(32-19)10-13(18(25)30-5)17(29-4)15(16)11-7-6-8-12(9-11)24(27)28/h6-10H,1-5H3,(H,22,23,26). The number of nitrogens with zero attached hydrogens (tertiary/aromatic N) is 2. The van der Waals surface area contributed by atoms with E-state index in [-0.39, 0.29) is 22.1 Å². The molecule has 0 aliphatic heterocycles. The Hall–Kier alpha value is -3.73. The Balaban J connectivity index is 2.23. The summed E-state index contributed by atoms with van der Waals surface area (Å²) < 4.78 is 16.2. The van der Waals surface area contributed by atoms with Gasteiger partial charge in [-0.3, -0.25) is 15.4 Å². The molecule has 1 N–H and O–H groups in total. The van der Waals surface area contributed by atoms with Crippen molar-refractivity contribution in [2.24, 2.45) is 0 Å². The summed E-state index contributed by atoms with van der Waals surface area (Å²) in [5, 5.41) is 14.1. The number of ether oxygens (including phenoxy) is 3. The number of carbonyl (C=O) groups is 2. The van der Waals surface area contributed by atoms with E-state index in [1.54, 1.807) is 32.9 Å². The number of non-ortho nitro benzene ring substituents is 1. The third kappa shape index (κ3) is 4.78. The van der Waals surface area contributed by atoms with Crippen molar-refractivity contribution < 1.29 is 28.7 Å². The summed E-state index contributed by atoms with van der Waals surface area (Å²) in [6.07, 6.45) is -0.686. The molecule has 0 atom stereocenters. The first-order chi connectivity index (χ1) is 15.0. The Bertz CT molecular complexity index is 1210. The van der Waals surface area contributed by atoms with Crippen LogP contribution in [0.25, 0.3) is 21.3 Å². The topological polar surface area (TPSA) is 130 Å². The van der Waals surface area contributed by atoms with E-state index in [1.165, 1.54) is 32.4 Å². The Morgan fingerprint density at radius 1 is 1.19 bits per heavy atom. The molecule has 0 radical (unpaired) electrons. The molecule has 0 unspecified atom stereocenters. The number of hydrogen-bond donors (Lipinski definition) is 1. The van der Waals surface area contributed by atoms with E-state index in [0.717, 1.165) is 11.3 Å². The first-order valence-electron chi connectivity index (χ1n) is 9.38. The maximum Gasteiger partial charge on any atom is 0.413 e. The van der Waals surface area contributed by atoms with Gasteiger partial charge in [0.25, 0.3) is 5.69 Å². The second kappa shape index (κ2) is 8.79. The highest BCUT2D eigenvalue weighted by Crippen LogP contribution is 2.43. The van der Waals surface area contributed by atoms with Gasteiger partial charge in [0.2, 0.25) is 0 Å². The Morgan fingerprint density at radius 2 is 1.91 bits per heavy atom. The smallest absolute Gasteiger partial charge is 0.413 e. The summed E-state index contributed by atoms with van der Waals surface area (Å²) in [6.45, 7) is 5.20. The van der Waals surface area contributed by atoms with Gasteiger partial charge in [-0.05, 0) is 32.4 Å². The molecule has 0 saturated carbocycles. The minimum Gasteiger partial charge on any atom is -0.495 e. The normalized spacial score (nSPS) is 11.2. The van der Waals surface area contributed by atoms with Gasteiger partial charge in [-0.25, -0.2) is 14.6 Å². The lowest BCUT2D eigenvalue weighted by Gasteiger charge is -2.18. The number of thiazole rings is 1. The van der Waals surface area contributed by atoms with E-state index in [1.807, 2.05) is 0 Å². The van der Waals surface area contributed by atoms with Crippen LogP contribution in [0.15, 0.2) is 30.3 Å². The highest BCUT2D eigenvalue weighted by Gasteiger charge is 2.25. The fourth-order valence-corrected chi connectivity index (χ4v) is 3.91. The zero-order valence-corrected chi connectivity index (χ0v) is 18.9. The highest BCUT2D eigenvalue weighted by molar-refractivity contribution is 7.22. The van der Waals surface area contributed by atoms with E-state index >= 15 is 0 Å². The molecule has 1 amide bonds. The molecular weight excluding hydrogens is 438 g/mol. The fourth-order valence-electron chi connectivity index (χ4n) is 3.01. The number of hydrogen-bond acceptors (Lipinski definition) is 9. The number of benzene rings is 2. The van der Waals surface area contributed by atoms with Gasteiger partial charge >= 0.3 is 12.1 Å². The van der Waals surface area contributed by atoms with Crippen molar-refractivity contribution in [3.8, 4) is 16.9 Å². The lowest BCUT2D eigenvalue weighted by atomic mass is 9.99. The number of nitrogens with one attached hydrogen (secondary N) is 1. The number of carbonyl (C=O) groups excluding carboxylic acids is 2. The number of anilines is 1. The van der Waals surface area contributed by atoms with E-state index < -0.39 is 22.6 Å². The van der Waals surface area contributed by atoms with Crippen LogP contribution in [0, 0.1) is 10.1 Å². The summed E-state index contributed by atoms with van der Waals surface area (Å²) in [7, 11) is 2.61. The minimum atomic E-state index is -0.698. The molecule has 0 bridgehead atoms. The van der Waals surface area contributed by atoms with Crippen molar-refractivity contribution in [3.05, 3.63) is 46.0 Å². The number of rotatable bonds is 5. The number of nitro groups is 1. The SMILES string of the molecule is COC(=O)c1cc2sc(NC(=O)OC(C)(C)C)nc2c(-c2cccc([N+](=O)[O-])c2)c1OC. The third-order valence-corrected chi connectivity index (χ3v) is 5.12. The molecule has 2 aromatic carbocycles.